The fourth-order valence-electron chi connectivity index (χ4n) is 1.33. The van der Waals surface area contributed by atoms with Crippen LogP contribution in [0.15, 0.2) is 0 Å². The largest absolute Gasteiger partial charge is 0.391 e. The van der Waals surface area contributed by atoms with Crippen molar-refractivity contribution in [3.05, 3.63) is 0 Å². The maximum absolute atomic E-state index is 9.72. The van der Waals surface area contributed by atoms with Gasteiger partial charge in [-0.3, -0.25) is 0 Å². The van der Waals surface area contributed by atoms with E-state index in [1.165, 1.54) is 18.5 Å². The van der Waals surface area contributed by atoms with Crippen molar-refractivity contribution in [1.29, 1.82) is 0 Å². The average Bonchev–Trinajstić information content (AvgIpc) is 1.57. The topological polar surface area (TPSA) is 40.5 Å². The van der Waals surface area contributed by atoms with Gasteiger partial charge in [0.25, 0.3) is 0 Å². The molecule has 2 atom stereocenters. The zero-order chi connectivity index (χ0) is 7.78. The van der Waals surface area contributed by atoms with Crippen LogP contribution in [0.25, 0.3) is 0 Å². The molecule has 0 aromatic rings. The summed E-state index contributed by atoms with van der Waals surface area (Å²) < 4.78 is 0. The zero-order valence-corrected chi connectivity index (χ0v) is 7.83. The molecule has 2 unspecified atom stereocenters. The van der Waals surface area contributed by atoms with Gasteiger partial charge in [0.05, 0.1) is 20.1 Å². The maximum atomic E-state index is 9.72. The van der Waals surface area contributed by atoms with Crippen molar-refractivity contribution < 1.29 is 10.2 Å². The molecule has 0 spiro atoms. The Morgan fingerprint density at radius 3 is 2.10 bits per heavy atom. The summed E-state index contributed by atoms with van der Waals surface area (Å²) >= 11 is 0. The molecule has 1 rings (SSSR count). The van der Waals surface area contributed by atoms with E-state index in [-0.39, 0.29) is 0 Å². The quantitative estimate of drug-likeness (QED) is 0.570. The smallest absolute Gasteiger partial charge is 0.0782 e. The van der Waals surface area contributed by atoms with Gasteiger partial charge in [-0.15, -0.1) is 0 Å². The highest BCUT2D eigenvalue weighted by atomic mass is 28.3. The third kappa shape index (κ3) is 1.26. The van der Waals surface area contributed by atoms with E-state index < -0.39 is 20.1 Å². The van der Waals surface area contributed by atoms with Crippen LogP contribution in [0.1, 0.15) is 20.3 Å². The molecule has 0 radical (unpaired) electrons. The summed E-state index contributed by atoms with van der Waals surface area (Å²) in [7, 11) is -0.962. The molecule has 0 bridgehead atoms. The summed E-state index contributed by atoms with van der Waals surface area (Å²) in [5.74, 6) is 0. The molecule has 2 nitrogen and oxygen atoms in total. The van der Waals surface area contributed by atoms with Crippen molar-refractivity contribution in [3.63, 3.8) is 0 Å². The van der Waals surface area contributed by atoms with Crippen LogP contribution in [0.4, 0.5) is 0 Å². The second kappa shape index (κ2) is 2.64. The number of hydrogen-bond donors (Lipinski definition) is 2. The second-order valence-corrected chi connectivity index (χ2v) is 7.25. The Morgan fingerprint density at radius 2 is 2.00 bits per heavy atom. The summed E-state index contributed by atoms with van der Waals surface area (Å²) in [6.07, 6.45) is 0.726. The Balaban J connectivity index is 2.48. The maximum Gasteiger partial charge on any atom is 0.0782 e. The monoisotopic (exact) mass is 160 g/mol. The first kappa shape index (κ1) is 8.24. The first-order valence-electron chi connectivity index (χ1n) is 3.95. The highest BCUT2D eigenvalue weighted by molar-refractivity contribution is 6.64. The minimum Gasteiger partial charge on any atom is -0.391 e. The third-order valence-corrected chi connectivity index (χ3v) is 7.12. The van der Waals surface area contributed by atoms with E-state index in [2.05, 4.69) is 0 Å². The van der Waals surface area contributed by atoms with Gasteiger partial charge in [0.2, 0.25) is 0 Å². The Morgan fingerprint density at radius 1 is 1.50 bits per heavy atom. The lowest BCUT2D eigenvalue weighted by molar-refractivity contribution is 0.00275. The molecule has 0 aromatic heterocycles. The lowest BCUT2D eigenvalue weighted by Gasteiger charge is -2.39. The number of hydrogen-bond acceptors (Lipinski definition) is 2. The summed E-state index contributed by atoms with van der Waals surface area (Å²) in [5, 5.41) is 18.2. The van der Waals surface area contributed by atoms with Crippen LogP contribution in [0.2, 0.25) is 12.1 Å². The van der Waals surface area contributed by atoms with E-state index in [0.717, 1.165) is 0 Å². The first-order chi connectivity index (χ1) is 4.55. The average molecular weight is 160 g/mol. The van der Waals surface area contributed by atoms with E-state index in [0.29, 0.717) is 0 Å². The highest BCUT2D eigenvalue weighted by Gasteiger charge is 2.40. The molecule has 3 heteroatoms. The van der Waals surface area contributed by atoms with Crippen LogP contribution in [0.3, 0.4) is 0 Å². The molecule has 1 saturated heterocycles. The minimum absolute atomic E-state index is 0.538. The lowest BCUT2D eigenvalue weighted by Crippen LogP contribution is -2.54. The lowest BCUT2D eigenvalue weighted by atomic mass is 10.2. The van der Waals surface area contributed by atoms with Crippen LogP contribution in [0, 0.1) is 0 Å². The van der Waals surface area contributed by atoms with E-state index in [9.17, 15) is 10.2 Å². The van der Waals surface area contributed by atoms with E-state index in [1.54, 1.807) is 13.8 Å². The predicted molar refractivity (Wildman–Crippen MR) is 43.7 cm³/mol. The first-order valence-corrected chi connectivity index (χ1v) is 6.16. The van der Waals surface area contributed by atoms with Gasteiger partial charge in [-0.05, 0) is 13.8 Å². The van der Waals surface area contributed by atoms with Crippen molar-refractivity contribution >= 4 is 8.80 Å². The van der Waals surface area contributed by atoms with Gasteiger partial charge in [-0.1, -0.05) is 18.5 Å². The second-order valence-electron chi connectivity index (χ2n) is 3.53. The molecule has 60 valence electrons. The Kier molecular flexibility index (Phi) is 2.17. The minimum atomic E-state index is -0.962. The highest BCUT2D eigenvalue weighted by Crippen LogP contribution is 2.30. The molecular weight excluding hydrogens is 144 g/mol. The normalized spacial score (nSPS) is 28.8. The van der Waals surface area contributed by atoms with E-state index >= 15 is 0 Å². The Bertz CT molecular complexity index is 119. The zero-order valence-electron chi connectivity index (χ0n) is 6.67. The summed E-state index contributed by atoms with van der Waals surface area (Å²) in [5.41, 5.74) is 0. The SMILES string of the molecule is CC(O)C(C)(O)[SiH]1CCC1. The van der Waals surface area contributed by atoms with Crippen molar-refractivity contribution in [1.82, 2.24) is 0 Å². The van der Waals surface area contributed by atoms with Crippen molar-refractivity contribution in [2.45, 2.75) is 43.7 Å². The van der Waals surface area contributed by atoms with Gasteiger partial charge in [0.1, 0.15) is 0 Å². The van der Waals surface area contributed by atoms with Crippen molar-refractivity contribution in [2.24, 2.45) is 0 Å². The van der Waals surface area contributed by atoms with Crippen molar-refractivity contribution in [3.8, 4) is 0 Å². The van der Waals surface area contributed by atoms with E-state index in [4.69, 9.17) is 0 Å². The van der Waals surface area contributed by atoms with Crippen LogP contribution in [-0.2, 0) is 0 Å². The summed E-state index contributed by atoms with van der Waals surface area (Å²) in [6.45, 7) is 3.47. The fraction of sp³-hybridized carbons (Fsp3) is 1.00. The molecule has 2 N–H and O–H groups in total. The molecule has 0 aliphatic carbocycles. The van der Waals surface area contributed by atoms with Crippen molar-refractivity contribution in [2.75, 3.05) is 0 Å². The predicted octanol–water partition coefficient (Wildman–Crippen LogP) is 0.288. The van der Waals surface area contributed by atoms with E-state index in [1.807, 2.05) is 0 Å². The van der Waals surface area contributed by atoms with Crippen LogP contribution in [-0.4, -0.2) is 30.3 Å². The van der Waals surface area contributed by atoms with Gasteiger partial charge < -0.3 is 10.2 Å². The molecular formula is C7H16O2Si. The molecule has 10 heavy (non-hydrogen) atoms. The van der Waals surface area contributed by atoms with Crippen LogP contribution in [0.5, 0.6) is 0 Å². The molecule has 1 fully saturated rings. The van der Waals surface area contributed by atoms with Crippen LogP contribution < -0.4 is 0 Å². The Hall–Kier alpha value is 0.137. The van der Waals surface area contributed by atoms with Gasteiger partial charge in [-0.2, -0.15) is 0 Å². The molecule has 1 heterocycles. The molecule has 1 aliphatic rings. The number of aliphatic hydroxyl groups is 2. The number of aliphatic hydroxyl groups excluding tert-OH is 1. The fourth-order valence-corrected chi connectivity index (χ4v) is 4.00. The van der Waals surface area contributed by atoms with Gasteiger partial charge in [0.15, 0.2) is 0 Å². The standard InChI is InChI=1S/C7H16O2Si/c1-6(8)7(2,9)10-4-3-5-10/h6,8-10H,3-5H2,1-2H3. The molecule has 0 aromatic carbocycles. The Labute approximate surface area is 63.5 Å². The van der Waals surface area contributed by atoms with Crippen LogP contribution >= 0.6 is 0 Å². The number of rotatable bonds is 2. The third-order valence-electron chi connectivity index (χ3n) is 2.78. The van der Waals surface area contributed by atoms with Gasteiger partial charge in [0, 0.05) is 0 Å². The summed E-state index contributed by atoms with van der Waals surface area (Å²) in [6, 6.07) is 2.41. The van der Waals surface area contributed by atoms with Gasteiger partial charge in [-0.25, -0.2) is 0 Å². The summed E-state index contributed by atoms with van der Waals surface area (Å²) in [4.78, 5) is 0. The molecule has 0 amide bonds. The molecule has 0 saturated carbocycles. The molecule has 1 aliphatic heterocycles. The van der Waals surface area contributed by atoms with Gasteiger partial charge >= 0.3 is 0 Å².